The number of hydrogen-bond donors (Lipinski definition) is 1. The highest BCUT2D eigenvalue weighted by Crippen LogP contribution is 2.17. The monoisotopic (exact) mass is 391 g/mol. The van der Waals surface area contributed by atoms with Gasteiger partial charge in [-0.3, -0.25) is 4.79 Å². The molecule has 1 atom stereocenters. The summed E-state index contributed by atoms with van der Waals surface area (Å²) in [5.74, 6) is -0.248. The lowest BCUT2D eigenvalue weighted by Crippen LogP contribution is -2.52. The lowest BCUT2D eigenvalue weighted by Gasteiger charge is -2.33. The number of carbonyl (C=O) groups is 1. The summed E-state index contributed by atoms with van der Waals surface area (Å²) in [7, 11) is 0. The van der Waals surface area contributed by atoms with Gasteiger partial charge in [-0.05, 0) is 24.6 Å². The maximum absolute atomic E-state index is 12.9. The quantitative estimate of drug-likeness (QED) is 0.873. The van der Waals surface area contributed by atoms with Crippen molar-refractivity contribution < 1.29 is 9.18 Å². The van der Waals surface area contributed by atoms with Crippen LogP contribution in [0.25, 0.3) is 0 Å². The molecule has 1 aromatic carbocycles. The van der Waals surface area contributed by atoms with E-state index in [1.54, 1.807) is 12.1 Å². The highest BCUT2D eigenvalue weighted by atomic mass is 35.5. The van der Waals surface area contributed by atoms with Gasteiger partial charge in [0.25, 0.3) is 5.91 Å². The van der Waals surface area contributed by atoms with Crippen molar-refractivity contribution in [3.63, 3.8) is 0 Å². The normalized spacial score (nSPS) is 16.9. The topological polar surface area (TPSA) is 45.2 Å². The summed E-state index contributed by atoms with van der Waals surface area (Å²) in [6.07, 6.45) is 0.620. The first-order valence-corrected chi connectivity index (χ1v) is 8.22. The van der Waals surface area contributed by atoms with Gasteiger partial charge in [-0.15, -0.1) is 36.2 Å². The summed E-state index contributed by atoms with van der Waals surface area (Å²) in [4.78, 5) is 18.8. The first kappa shape index (κ1) is 20.8. The fraction of sp³-hybridized carbons (Fsp3) is 0.375. The van der Waals surface area contributed by atoms with Crippen LogP contribution in [0.4, 0.5) is 4.39 Å². The molecule has 0 saturated carbocycles. The molecule has 0 spiro atoms. The highest BCUT2D eigenvalue weighted by molar-refractivity contribution is 7.09. The maximum atomic E-state index is 12.9. The Hall–Kier alpha value is -1.21. The summed E-state index contributed by atoms with van der Waals surface area (Å²) in [6, 6.07) is 6.56. The zero-order chi connectivity index (χ0) is 15.5. The van der Waals surface area contributed by atoms with Gasteiger partial charge in [0.2, 0.25) is 0 Å². The molecule has 1 aliphatic heterocycles. The molecule has 1 saturated heterocycles. The molecule has 0 radical (unpaired) electrons. The molecule has 2 heterocycles. The number of hydrogen-bond acceptors (Lipinski definition) is 4. The van der Waals surface area contributed by atoms with Crippen LogP contribution in [0, 0.1) is 5.82 Å². The number of piperazine rings is 1. The molecule has 2 aromatic rings. The Morgan fingerprint density at radius 3 is 2.75 bits per heavy atom. The second-order valence-electron chi connectivity index (χ2n) is 5.48. The molecule has 1 aliphatic rings. The third-order valence-corrected chi connectivity index (χ3v) is 4.65. The van der Waals surface area contributed by atoms with E-state index in [-0.39, 0.29) is 42.6 Å². The van der Waals surface area contributed by atoms with Gasteiger partial charge in [0.1, 0.15) is 11.5 Å². The standard InChI is InChI=1S/C16H18FN3OS.2ClH/c1-11-9-18-6-7-20(11)16(21)14-10-22-15(19-14)8-12-2-4-13(17)5-3-12;;/h2-5,10-11,18H,6-9H2,1H3;2*1H. The summed E-state index contributed by atoms with van der Waals surface area (Å²) in [5, 5.41) is 5.96. The molecule has 1 unspecified atom stereocenters. The van der Waals surface area contributed by atoms with E-state index in [2.05, 4.69) is 10.3 Å². The molecule has 1 aromatic heterocycles. The van der Waals surface area contributed by atoms with Crippen molar-refractivity contribution in [1.82, 2.24) is 15.2 Å². The van der Waals surface area contributed by atoms with Gasteiger partial charge in [-0.2, -0.15) is 0 Å². The molecule has 0 bridgehead atoms. The van der Waals surface area contributed by atoms with E-state index in [4.69, 9.17) is 0 Å². The van der Waals surface area contributed by atoms with E-state index in [0.717, 1.165) is 23.7 Å². The Balaban J connectivity index is 0.00000144. The van der Waals surface area contributed by atoms with Crippen LogP contribution < -0.4 is 5.32 Å². The Morgan fingerprint density at radius 2 is 2.08 bits per heavy atom. The fourth-order valence-electron chi connectivity index (χ4n) is 2.56. The van der Waals surface area contributed by atoms with Gasteiger partial charge in [0.15, 0.2) is 0 Å². The van der Waals surface area contributed by atoms with E-state index in [1.807, 2.05) is 17.2 Å². The van der Waals surface area contributed by atoms with Gasteiger partial charge >= 0.3 is 0 Å². The van der Waals surface area contributed by atoms with Crippen LogP contribution in [0.15, 0.2) is 29.6 Å². The van der Waals surface area contributed by atoms with E-state index in [9.17, 15) is 9.18 Å². The zero-order valence-electron chi connectivity index (χ0n) is 13.2. The second kappa shape index (κ2) is 9.32. The lowest BCUT2D eigenvalue weighted by molar-refractivity contribution is 0.0650. The largest absolute Gasteiger partial charge is 0.332 e. The van der Waals surface area contributed by atoms with Crippen molar-refractivity contribution in [2.75, 3.05) is 19.6 Å². The van der Waals surface area contributed by atoms with Crippen LogP contribution in [-0.2, 0) is 6.42 Å². The first-order chi connectivity index (χ1) is 10.6. The van der Waals surface area contributed by atoms with Crippen LogP contribution in [0.2, 0.25) is 0 Å². The van der Waals surface area contributed by atoms with Crippen molar-refractivity contribution in [3.05, 3.63) is 51.7 Å². The number of nitrogens with zero attached hydrogens (tertiary/aromatic N) is 2. The van der Waals surface area contributed by atoms with E-state index < -0.39 is 0 Å². The predicted octanol–water partition coefficient (Wildman–Crippen LogP) is 3.15. The van der Waals surface area contributed by atoms with Gasteiger partial charge in [-0.25, -0.2) is 9.37 Å². The highest BCUT2D eigenvalue weighted by Gasteiger charge is 2.25. The number of aromatic nitrogens is 1. The third kappa shape index (κ3) is 4.89. The molecule has 0 aliphatic carbocycles. The molecule has 1 amide bonds. The van der Waals surface area contributed by atoms with Crippen molar-refractivity contribution in [2.24, 2.45) is 0 Å². The number of halogens is 3. The number of thiazole rings is 1. The lowest BCUT2D eigenvalue weighted by atomic mass is 10.1. The molecular weight excluding hydrogens is 372 g/mol. The number of nitrogens with one attached hydrogen (secondary N) is 1. The average molecular weight is 392 g/mol. The third-order valence-electron chi connectivity index (χ3n) is 3.80. The molecular formula is C16H20Cl2FN3OS. The summed E-state index contributed by atoms with van der Waals surface area (Å²) < 4.78 is 12.9. The minimum atomic E-state index is -0.244. The molecule has 8 heteroatoms. The number of benzene rings is 1. The number of rotatable bonds is 3. The second-order valence-corrected chi connectivity index (χ2v) is 6.42. The van der Waals surface area contributed by atoms with Crippen molar-refractivity contribution in [2.45, 2.75) is 19.4 Å². The van der Waals surface area contributed by atoms with Crippen LogP contribution in [0.1, 0.15) is 28.0 Å². The first-order valence-electron chi connectivity index (χ1n) is 7.34. The van der Waals surface area contributed by atoms with Crippen molar-refractivity contribution in [3.8, 4) is 0 Å². The Kier molecular flexibility index (Phi) is 8.09. The van der Waals surface area contributed by atoms with Crippen LogP contribution >= 0.6 is 36.2 Å². The Bertz CT molecular complexity index is 666. The average Bonchev–Trinajstić information content (AvgIpc) is 2.98. The smallest absolute Gasteiger partial charge is 0.273 e. The minimum absolute atomic E-state index is 0. The zero-order valence-corrected chi connectivity index (χ0v) is 15.6. The molecule has 132 valence electrons. The predicted molar refractivity (Wildman–Crippen MR) is 99.2 cm³/mol. The van der Waals surface area contributed by atoms with Crippen LogP contribution in [0.3, 0.4) is 0 Å². The minimum Gasteiger partial charge on any atom is -0.332 e. The van der Waals surface area contributed by atoms with Crippen molar-refractivity contribution in [1.29, 1.82) is 0 Å². The van der Waals surface area contributed by atoms with Gasteiger partial charge < -0.3 is 10.2 Å². The molecule has 24 heavy (non-hydrogen) atoms. The number of carbonyl (C=O) groups excluding carboxylic acids is 1. The Morgan fingerprint density at radius 1 is 1.38 bits per heavy atom. The summed E-state index contributed by atoms with van der Waals surface area (Å²) >= 11 is 1.47. The Labute approximate surface area is 157 Å². The molecule has 1 N–H and O–H groups in total. The van der Waals surface area contributed by atoms with Crippen LogP contribution in [0.5, 0.6) is 0 Å². The SMILES string of the molecule is CC1CNCCN1C(=O)c1csc(Cc2ccc(F)cc2)n1.Cl.Cl. The van der Waals surface area contributed by atoms with Crippen molar-refractivity contribution >= 4 is 42.1 Å². The summed E-state index contributed by atoms with van der Waals surface area (Å²) in [6.45, 7) is 4.39. The van der Waals surface area contributed by atoms with E-state index in [0.29, 0.717) is 18.7 Å². The van der Waals surface area contributed by atoms with Gasteiger partial charge in [0, 0.05) is 37.5 Å². The van der Waals surface area contributed by atoms with E-state index >= 15 is 0 Å². The summed E-state index contributed by atoms with van der Waals surface area (Å²) in [5.41, 5.74) is 1.50. The maximum Gasteiger partial charge on any atom is 0.273 e. The molecule has 3 rings (SSSR count). The van der Waals surface area contributed by atoms with Gasteiger partial charge in [0.05, 0.1) is 5.01 Å². The number of amides is 1. The molecule has 4 nitrogen and oxygen atoms in total. The molecule has 1 fully saturated rings. The fourth-order valence-corrected chi connectivity index (χ4v) is 3.36. The van der Waals surface area contributed by atoms with Gasteiger partial charge in [-0.1, -0.05) is 12.1 Å². The van der Waals surface area contributed by atoms with Crippen LogP contribution in [-0.4, -0.2) is 41.5 Å². The van der Waals surface area contributed by atoms with E-state index in [1.165, 1.54) is 23.5 Å².